The number of para-hydroxylation sites is 1. The number of anilines is 1. The van der Waals surface area contributed by atoms with Crippen molar-refractivity contribution in [3.63, 3.8) is 0 Å². The first-order valence-electron chi connectivity index (χ1n) is 8.35. The number of halogens is 2. The lowest BCUT2D eigenvalue weighted by Crippen LogP contribution is -2.42. The van der Waals surface area contributed by atoms with Crippen molar-refractivity contribution in [2.75, 3.05) is 17.8 Å². The van der Waals surface area contributed by atoms with Crippen LogP contribution in [0.4, 0.5) is 5.69 Å². The second-order valence-corrected chi connectivity index (χ2v) is 8.20. The molecule has 0 atom stereocenters. The average molecular weight is 430 g/mol. The molecule has 1 aliphatic heterocycles. The summed E-state index contributed by atoms with van der Waals surface area (Å²) in [5.74, 6) is -0.195. The van der Waals surface area contributed by atoms with Gasteiger partial charge in [0, 0.05) is 11.6 Å². The van der Waals surface area contributed by atoms with E-state index in [0.29, 0.717) is 16.3 Å². The highest BCUT2D eigenvalue weighted by atomic mass is 35.5. The molecule has 1 saturated heterocycles. The van der Waals surface area contributed by atoms with E-state index in [0.717, 1.165) is 25.9 Å². The summed E-state index contributed by atoms with van der Waals surface area (Å²) in [4.78, 5) is 12.4. The minimum atomic E-state index is -3.78. The number of hydrogen-bond acceptors (Lipinski definition) is 4. The Kier molecular flexibility index (Phi) is 7.49. The van der Waals surface area contributed by atoms with Gasteiger partial charge >= 0.3 is 0 Å². The van der Waals surface area contributed by atoms with Crippen LogP contribution in [0.1, 0.15) is 23.2 Å². The Morgan fingerprint density at radius 2 is 1.67 bits per heavy atom. The van der Waals surface area contributed by atoms with E-state index in [4.69, 9.17) is 11.6 Å². The van der Waals surface area contributed by atoms with Gasteiger partial charge in [0.25, 0.3) is 15.9 Å². The lowest BCUT2D eigenvalue weighted by Gasteiger charge is -2.23. The SMILES string of the molecule is Cl.O=C(NC1CCNCC1)c1ccc(S(=O)(=O)Nc2ccccc2Cl)cc1. The van der Waals surface area contributed by atoms with E-state index in [2.05, 4.69) is 15.4 Å². The summed E-state index contributed by atoms with van der Waals surface area (Å²) in [5, 5.41) is 6.53. The monoisotopic (exact) mass is 429 g/mol. The molecule has 0 aliphatic carbocycles. The number of sulfonamides is 1. The molecule has 0 unspecified atom stereocenters. The summed E-state index contributed by atoms with van der Waals surface area (Å²) in [6.45, 7) is 1.77. The maximum absolute atomic E-state index is 12.5. The zero-order valence-corrected chi connectivity index (χ0v) is 16.8. The topological polar surface area (TPSA) is 87.3 Å². The molecule has 0 radical (unpaired) electrons. The van der Waals surface area contributed by atoms with Crippen molar-refractivity contribution in [1.29, 1.82) is 0 Å². The summed E-state index contributed by atoms with van der Waals surface area (Å²) in [6.07, 6.45) is 1.78. The first-order chi connectivity index (χ1) is 12.5. The quantitative estimate of drug-likeness (QED) is 0.681. The van der Waals surface area contributed by atoms with Crippen molar-refractivity contribution in [2.24, 2.45) is 0 Å². The Morgan fingerprint density at radius 3 is 2.30 bits per heavy atom. The Morgan fingerprint density at radius 1 is 1.04 bits per heavy atom. The van der Waals surface area contributed by atoms with Crippen LogP contribution in [0.2, 0.25) is 5.02 Å². The van der Waals surface area contributed by atoms with E-state index in [1.54, 1.807) is 24.3 Å². The van der Waals surface area contributed by atoms with Crippen LogP contribution >= 0.6 is 24.0 Å². The minimum absolute atomic E-state index is 0. The van der Waals surface area contributed by atoms with Crippen LogP contribution in [0.5, 0.6) is 0 Å². The molecule has 0 spiro atoms. The zero-order chi connectivity index (χ0) is 18.6. The third-order valence-electron chi connectivity index (χ3n) is 4.22. The van der Waals surface area contributed by atoms with Crippen molar-refractivity contribution < 1.29 is 13.2 Å². The molecule has 9 heteroatoms. The molecule has 6 nitrogen and oxygen atoms in total. The van der Waals surface area contributed by atoms with Crippen molar-refractivity contribution in [3.05, 3.63) is 59.1 Å². The maximum atomic E-state index is 12.5. The number of carbonyl (C=O) groups is 1. The van der Waals surface area contributed by atoms with Gasteiger partial charge in [0.1, 0.15) is 0 Å². The third-order valence-corrected chi connectivity index (χ3v) is 5.93. The fraction of sp³-hybridized carbons (Fsp3) is 0.278. The summed E-state index contributed by atoms with van der Waals surface area (Å²) in [5.41, 5.74) is 0.738. The molecule has 1 aliphatic rings. The standard InChI is InChI=1S/C18H20ClN3O3S.ClH/c19-16-3-1-2-4-17(16)22-26(24,25)15-7-5-13(6-8-15)18(23)21-14-9-11-20-12-10-14;/h1-8,14,20,22H,9-12H2,(H,21,23);1H. The van der Waals surface area contributed by atoms with Crippen molar-refractivity contribution >= 4 is 45.6 Å². The Balaban J connectivity index is 0.00000261. The second-order valence-electron chi connectivity index (χ2n) is 6.11. The van der Waals surface area contributed by atoms with Crippen LogP contribution in [-0.2, 0) is 10.0 Å². The van der Waals surface area contributed by atoms with Crippen LogP contribution in [0.3, 0.4) is 0 Å². The number of piperidine rings is 1. The zero-order valence-electron chi connectivity index (χ0n) is 14.4. The maximum Gasteiger partial charge on any atom is 0.261 e. The van der Waals surface area contributed by atoms with E-state index in [9.17, 15) is 13.2 Å². The van der Waals surface area contributed by atoms with Crippen LogP contribution in [0, 0.1) is 0 Å². The summed E-state index contributed by atoms with van der Waals surface area (Å²) < 4.78 is 27.4. The van der Waals surface area contributed by atoms with Crippen molar-refractivity contribution in [3.8, 4) is 0 Å². The molecule has 0 bridgehead atoms. The highest BCUT2D eigenvalue weighted by Crippen LogP contribution is 2.24. The first-order valence-corrected chi connectivity index (χ1v) is 10.2. The van der Waals surface area contributed by atoms with Gasteiger partial charge in [0.2, 0.25) is 0 Å². The molecule has 146 valence electrons. The Bertz CT molecular complexity index is 883. The van der Waals surface area contributed by atoms with E-state index in [-0.39, 0.29) is 29.3 Å². The van der Waals surface area contributed by atoms with Gasteiger partial charge in [-0.3, -0.25) is 9.52 Å². The van der Waals surface area contributed by atoms with Gasteiger partial charge in [0.15, 0.2) is 0 Å². The molecule has 0 aromatic heterocycles. The number of rotatable bonds is 5. The molecular formula is C18H21Cl2N3O3S. The molecule has 3 N–H and O–H groups in total. The smallest absolute Gasteiger partial charge is 0.261 e. The van der Waals surface area contributed by atoms with Gasteiger partial charge < -0.3 is 10.6 Å². The van der Waals surface area contributed by atoms with Crippen molar-refractivity contribution in [1.82, 2.24) is 10.6 Å². The summed E-state index contributed by atoms with van der Waals surface area (Å²) in [6, 6.07) is 12.6. The molecule has 1 heterocycles. The highest BCUT2D eigenvalue weighted by molar-refractivity contribution is 7.92. The molecule has 2 aromatic carbocycles. The van der Waals surface area contributed by atoms with E-state index in [1.807, 2.05) is 0 Å². The average Bonchev–Trinajstić information content (AvgIpc) is 2.64. The first kappa shape index (κ1) is 21.5. The Labute approximate surface area is 170 Å². The fourth-order valence-corrected chi connectivity index (χ4v) is 4.09. The molecular weight excluding hydrogens is 409 g/mol. The van der Waals surface area contributed by atoms with Gasteiger partial charge in [-0.05, 0) is 62.3 Å². The number of benzene rings is 2. The lowest BCUT2D eigenvalue weighted by molar-refractivity contribution is 0.0929. The molecule has 0 saturated carbocycles. The predicted octanol–water partition coefficient (Wildman–Crippen LogP) is 3.04. The van der Waals surface area contributed by atoms with Crippen LogP contribution in [0.25, 0.3) is 0 Å². The summed E-state index contributed by atoms with van der Waals surface area (Å²) in [7, 11) is -3.78. The fourth-order valence-electron chi connectivity index (χ4n) is 2.77. The van der Waals surface area contributed by atoms with E-state index < -0.39 is 10.0 Å². The highest BCUT2D eigenvalue weighted by Gasteiger charge is 2.19. The molecule has 1 fully saturated rings. The molecule has 3 rings (SSSR count). The normalized spacial score (nSPS) is 14.9. The molecule has 27 heavy (non-hydrogen) atoms. The van der Waals surface area contributed by atoms with Crippen LogP contribution in [0.15, 0.2) is 53.4 Å². The van der Waals surface area contributed by atoms with E-state index >= 15 is 0 Å². The Hall–Kier alpha value is -1.80. The number of hydrogen-bond donors (Lipinski definition) is 3. The van der Waals surface area contributed by atoms with Gasteiger partial charge in [-0.2, -0.15) is 0 Å². The van der Waals surface area contributed by atoms with Gasteiger partial charge in [0.05, 0.1) is 15.6 Å². The van der Waals surface area contributed by atoms with Gasteiger partial charge in [-0.1, -0.05) is 23.7 Å². The van der Waals surface area contributed by atoms with E-state index in [1.165, 1.54) is 24.3 Å². The number of carbonyl (C=O) groups excluding carboxylic acids is 1. The van der Waals surface area contributed by atoms with Crippen LogP contribution in [-0.4, -0.2) is 33.5 Å². The molecule has 2 aromatic rings. The largest absolute Gasteiger partial charge is 0.349 e. The van der Waals surface area contributed by atoms with Crippen LogP contribution < -0.4 is 15.4 Å². The third kappa shape index (κ3) is 5.59. The van der Waals surface area contributed by atoms with Crippen molar-refractivity contribution in [2.45, 2.75) is 23.8 Å². The minimum Gasteiger partial charge on any atom is -0.349 e. The number of nitrogens with one attached hydrogen (secondary N) is 3. The number of amides is 1. The lowest BCUT2D eigenvalue weighted by atomic mass is 10.1. The molecule has 1 amide bonds. The van der Waals surface area contributed by atoms with Gasteiger partial charge in [-0.15, -0.1) is 12.4 Å². The second kappa shape index (κ2) is 9.41. The predicted molar refractivity (Wildman–Crippen MR) is 109 cm³/mol. The summed E-state index contributed by atoms with van der Waals surface area (Å²) >= 11 is 5.99. The van der Waals surface area contributed by atoms with Gasteiger partial charge in [-0.25, -0.2) is 8.42 Å².